The number of allylic oxidation sites excluding steroid dienone is 3. The third-order valence-electron chi connectivity index (χ3n) is 3.32. The van der Waals surface area contributed by atoms with E-state index in [-0.39, 0.29) is 0 Å². The topological polar surface area (TPSA) is 21.3 Å². The van der Waals surface area contributed by atoms with Gasteiger partial charge in [-0.3, -0.25) is 0 Å². The summed E-state index contributed by atoms with van der Waals surface area (Å²) in [6.45, 7) is 12.9. The van der Waals surface area contributed by atoms with Crippen LogP contribution in [0.5, 0.6) is 0 Å². The third kappa shape index (κ3) is 16.0. The molecule has 26 heavy (non-hydrogen) atoms. The van der Waals surface area contributed by atoms with Crippen LogP contribution in [0.1, 0.15) is 64.5 Å². The Morgan fingerprint density at radius 3 is 2.27 bits per heavy atom. The van der Waals surface area contributed by atoms with Gasteiger partial charge in [-0.25, -0.2) is 0 Å². The Labute approximate surface area is 170 Å². The molecule has 0 aliphatic rings. The van der Waals surface area contributed by atoms with Crippen molar-refractivity contribution >= 4 is 15.9 Å². The maximum absolute atomic E-state index is 5.05. The number of nitrogens with one attached hydrogen (secondary N) is 1. The van der Waals surface area contributed by atoms with Crippen LogP contribution < -0.4 is 5.32 Å². The van der Waals surface area contributed by atoms with Crippen molar-refractivity contribution in [2.24, 2.45) is 0 Å². The molecule has 0 aliphatic heterocycles. The van der Waals surface area contributed by atoms with E-state index < -0.39 is 0 Å². The average Bonchev–Trinajstić information content (AvgIpc) is 2.71. The molecule has 0 saturated carbocycles. The summed E-state index contributed by atoms with van der Waals surface area (Å²) in [7, 11) is 1.63. The number of halogens is 1. The zero-order valence-corrected chi connectivity index (χ0v) is 18.9. The van der Waals surface area contributed by atoms with Gasteiger partial charge in [-0.15, -0.1) is 0 Å². The van der Waals surface area contributed by atoms with E-state index in [9.17, 15) is 0 Å². The van der Waals surface area contributed by atoms with Crippen LogP contribution in [-0.4, -0.2) is 7.11 Å². The molecule has 1 rings (SSSR count). The molecule has 0 unspecified atom stereocenters. The molecule has 0 aliphatic carbocycles. The number of unbranched alkanes of at least 4 members (excludes halogenated alkanes) is 3. The Kier molecular flexibility index (Phi) is 22.2. The summed E-state index contributed by atoms with van der Waals surface area (Å²) in [6, 6.07) is 8.45. The normalized spacial score (nSPS) is 10.3. The molecule has 1 N–H and O–H groups in total. The van der Waals surface area contributed by atoms with Gasteiger partial charge >= 0.3 is 0 Å². The highest BCUT2D eigenvalue weighted by molar-refractivity contribution is 9.08. The monoisotopic (exact) mass is 423 g/mol. The predicted molar refractivity (Wildman–Crippen MR) is 122 cm³/mol. The Hall–Kier alpha value is -1.48. The summed E-state index contributed by atoms with van der Waals surface area (Å²) in [5, 5.41) is 4.11. The Bertz CT molecular complexity index is 491. The highest BCUT2D eigenvalue weighted by Gasteiger charge is 1.93. The predicted octanol–water partition coefficient (Wildman–Crippen LogP) is 7.51. The van der Waals surface area contributed by atoms with Crippen LogP contribution in [0.15, 0.2) is 61.0 Å². The van der Waals surface area contributed by atoms with Crippen molar-refractivity contribution < 1.29 is 4.74 Å². The van der Waals surface area contributed by atoms with E-state index in [4.69, 9.17) is 4.74 Å². The van der Waals surface area contributed by atoms with Crippen LogP contribution in [0.3, 0.4) is 0 Å². The number of alkyl halides is 1. The molecule has 0 aromatic heterocycles. The minimum Gasteiger partial charge on any atom is -0.497 e. The lowest BCUT2D eigenvalue weighted by Gasteiger charge is -2.03. The van der Waals surface area contributed by atoms with E-state index in [1.165, 1.54) is 36.8 Å². The van der Waals surface area contributed by atoms with Crippen LogP contribution in [-0.2, 0) is 16.6 Å². The zero-order chi connectivity index (χ0) is 20.0. The van der Waals surface area contributed by atoms with Crippen LogP contribution in [0.25, 0.3) is 0 Å². The van der Waals surface area contributed by atoms with Crippen molar-refractivity contribution in [1.82, 2.24) is 5.32 Å². The second-order valence-electron chi connectivity index (χ2n) is 5.38. The van der Waals surface area contributed by atoms with Crippen molar-refractivity contribution in [3.05, 3.63) is 72.2 Å². The molecule has 0 radical (unpaired) electrons. The van der Waals surface area contributed by atoms with E-state index in [1.54, 1.807) is 13.2 Å². The van der Waals surface area contributed by atoms with E-state index >= 15 is 0 Å². The summed E-state index contributed by atoms with van der Waals surface area (Å²) < 4.78 is 5.05. The second-order valence-corrected chi connectivity index (χ2v) is 5.94. The molecule has 1 aromatic rings. The molecule has 0 atom stereocenters. The Morgan fingerprint density at radius 1 is 1.15 bits per heavy atom. The van der Waals surface area contributed by atoms with Crippen LogP contribution in [0, 0.1) is 0 Å². The number of ether oxygens (including phenoxy) is 1. The molecule has 3 heteroatoms. The lowest BCUT2D eigenvalue weighted by molar-refractivity contribution is 0.307. The zero-order valence-electron chi connectivity index (χ0n) is 17.4. The lowest BCUT2D eigenvalue weighted by atomic mass is 10.1. The molecule has 0 spiro atoms. The maximum atomic E-state index is 5.05. The largest absolute Gasteiger partial charge is 0.497 e. The van der Waals surface area contributed by atoms with Crippen LogP contribution >= 0.6 is 15.9 Å². The SMILES string of the molecule is C=C/C(=C\C=C\NCc1cccc(CBr)c1)OC.CC.CCCCCC. The standard InChI is InChI=1S/C15H18BrNO.C6H14.C2H6/c1-3-15(18-2)8-5-9-17-12-14-7-4-6-13(10-14)11-16;1-3-5-6-4-2;1-2/h3-10,17H,1,11-12H2,2H3;3-6H2,1-2H3;1-2H3/b9-5+,15-8+;;. The molecular weight excluding hydrogens is 386 g/mol. The molecule has 1 aromatic carbocycles. The van der Waals surface area contributed by atoms with Gasteiger partial charge in [0.15, 0.2) is 0 Å². The van der Waals surface area contributed by atoms with Crippen molar-refractivity contribution in [3.63, 3.8) is 0 Å². The molecule has 0 amide bonds. The van der Waals surface area contributed by atoms with E-state index in [1.807, 2.05) is 32.2 Å². The first-order valence-corrected chi connectivity index (χ1v) is 10.7. The van der Waals surface area contributed by atoms with Crippen molar-refractivity contribution in [3.8, 4) is 0 Å². The van der Waals surface area contributed by atoms with Gasteiger partial charge in [0.1, 0.15) is 5.76 Å². The van der Waals surface area contributed by atoms with E-state index in [0.29, 0.717) is 0 Å². The van der Waals surface area contributed by atoms with Gasteiger partial charge < -0.3 is 10.1 Å². The van der Waals surface area contributed by atoms with Crippen LogP contribution in [0.4, 0.5) is 0 Å². The lowest BCUT2D eigenvalue weighted by Crippen LogP contribution is -2.04. The first-order chi connectivity index (χ1) is 12.7. The number of rotatable bonds is 10. The molecular formula is C23H38BrNO. The molecule has 148 valence electrons. The minimum absolute atomic E-state index is 0.745. The fourth-order valence-corrected chi connectivity index (χ4v) is 2.28. The van der Waals surface area contributed by atoms with Gasteiger partial charge in [0.05, 0.1) is 7.11 Å². The van der Waals surface area contributed by atoms with Crippen molar-refractivity contribution in [1.29, 1.82) is 0 Å². The summed E-state index contributed by atoms with van der Waals surface area (Å²) in [4.78, 5) is 0. The molecule has 2 nitrogen and oxygen atoms in total. The van der Waals surface area contributed by atoms with Crippen molar-refractivity contribution in [2.75, 3.05) is 7.11 Å². The Balaban J connectivity index is 0. The van der Waals surface area contributed by atoms with E-state index in [2.05, 4.69) is 65.9 Å². The van der Waals surface area contributed by atoms with Gasteiger partial charge in [-0.1, -0.05) is 100 Å². The van der Waals surface area contributed by atoms with Gasteiger partial charge in [-0.2, -0.15) is 0 Å². The highest BCUT2D eigenvalue weighted by atomic mass is 79.9. The Morgan fingerprint density at radius 2 is 1.77 bits per heavy atom. The van der Waals surface area contributed by atoms with Gasteiger partial charge in [0, 0.05) is 11.9 Å². The van der Waals surface area contributed by atoms with Gasteiger partial charge in [-0.05, 0) is 35.6 Å². The van der Waals surface area contributed by atoms with E-state index in [0.717, 1.165) is 17.6 Å². The third-order valence-corrected chi connectivity index (χ3v) is 3.97. The number of hydrogen-bond donors (Lipinski definition) is 1. The maximum Gasteiger partial charge on any atom is 0.118 e. The van der Waals surface area contributed by atoms with Gasteiger partial charge in [0.2, 0.25) is 0 Å². The first kappa shape index (κ1) is 26.7. The van der Waals surface area contributed by atoms with Crippen LogP contribution in [0.2, 0.25) is 0 Å². The second kappa shape index (κ2) is 21.6. The summed E-state index contributed by atoms with van der Waals surface area (Å²) >= 11 is 3.45. The minimum atomic E-state index is 0.745. The quantitative estimate of drug-likeness (QED) is 0.182. The smallest absolute Gasteiger partial charge is 0.118 e. The highest BCUT2D eigenvalue weighted by Crippen LogP contribution is 2.08. The van der Waals surface area contributed by atoms with Crippen molar-refractivity contribution in [2.45, 2.75) is 65.3 Å². The molecule has 0 heterocycles. The summed E-state index contributed by atoms with van der Waals surface area (Å²) in [5.41, 5.74) is 2.54. The summed E-state index contributed by atoms with van der Waals surface area (Å²) in [5.74, 6) is 0.745. The number of hydrogen-bond acceptors (Lipinski definition) is 2. The fourth-order valence-electron chi connectivity index (χ4n) is 1.93. The average molecular weight is 424 g/mol. The number of methoxy groups -OCH3 is 1. The van der Waals surface area contributed by atoms with Gasteiger partial charge in [0.25, 0.3) is 0 Å². The molecule has 0 fully saturated rings. The summed E-state index contributed by atoms with van der Waals surface area (Å²) in [6.07, 6.45) is 12.9. The molecule has 0 saturated heterocycles. The fraction of sp³-hybridized carbons (Fsp3) is 0.478. The number of benzene rings is 1. The first-order valence-electron chi connectivity index (χ1n) is 9.62. The molecule has 0 bridgehead atoms.